The van der Waals surface area contributed by atoms with Crippen LogP contribution < -0.4 is 5.32 Å². The molecular weight excluding hydrogens is 467 g/mol. The normalized spacial score (nSPS) is 18.8. The number of benzene rings is 2. The van der Waals surface area contributed by atoms with Gasteiger partial charge in [-0.05, 0) is 30.0 Å². The van der Waals surface area contributed by atoms with Crippen LogP contribution in [0.2, 0.25) is 0 Å². The summed E-state index contributed by atoms with van der Waals surface area (Å²) in [7, 11) is 0. The van der Waals surface area contributed by atoms with Crippen molar-refractivity contribution >= 4 is 0 Å². The van der Waals surface area contributed by atoms with Crippen molar-refractivity contribution in [3.05, 3.63) is 83.0 Å². The second kappa shape index (κ2) is 10.7. The van der Waals surface area contributed by atoms with Gasteiger partial charge in [0.2, 0.25) is 5.89 Å². The van der Waals surface area contributed by atoms with E-state index >= 15 is 0 Å². The fourth-order valence-electron chi connectivity index (χ4n) is 5.16. The molecular formula is C27H32F3N5O. The van der Waals surface area contributed by atoms with Crippen LogP contribution in [0.25, 0.3) is 0 Å². The third-order valence-electron chi connectivity index (χ3n) is 7.44. The standard InChI is InChI=1S/C27H32F3N5O/c28-27(29,30)23-9-4-6-21(18-23)20-35-16-14-34(15-17-35)13-12-31-19-24-32-25(33-36-24)26(10-5-11-26)22-7-2-1-3-8-22/h1-4,6-9,18,31H,5,10-17,19-20H2. The molecule has 3 aromatic rings. The summed E-state index contributed by atoms with van der Waals surface area (Å²) in [5.41, 5.74) is 1.26. The fourth-order valence-corrected chi connectivity index (χ4v) is 5.16. The molecule has 2 heterocycles. The molecule has 9 heteroatoms. The average molecular weight is 500 g/mol. The lowest BCUT2D eigenvalue weighted by Crippen LogP contribution is -2.47. The largest absolute Gasteiger partial charge is 0.416 e. The Morgan fingerprint density at radius 1 is 0.944 bits per heavy atom. The summed E-state index contributed by atoms with van der Waals surface area (Å²) >= 11 is 0. The lowest BCUT2D eigenvalue weighted by molar-refractivity contribution is -0.137. The van der Waals surface area contributed by atoms with Crippen molar-refractivity contribution in [2.24, 2.45) is 0 Å². The van der Waals surface area contributed by atoms with Gasteiger partial charge >= 0.3 is 6.18 Å². The molecule has 0 unspecified atom stereocenters. The number of piperazine rings is 1. The fraction of sp³-hybridized carbons (Fsp3) is 0.481. The molecule has 1 N–H and O–H groups in total. The molecule has 36 heavy (non-hydrogen) atoms. The highest BCUT2D eigenvalue weighted by Crippen LogP contribution is 2.47. The molecule has 0 atom stereocenters. The van der Waals surface area contributed by atoms with Crippen molar-refractivity contribution in [1.29, 1.82) is 0 Å². The van der Waals surface area contributed by atoms with Crippen molar-refractivity contribution in [2.75, 3.05) is 39.3 Å². The lowest BCUT2D eigenvalue weighted by Gasteiger charge is -2.39. The van der Waals surface area contributed by atoms with Gasteiger partial charge in [0.1, 0.15) is 0 Å². The van der Waals surface area contributed by atoms with Crippen molar-refractivity contribution in [2.45, 2.75) is 43.9 Å². The molecule has 5 rings (SSSR count). The Balaban J connectivity index is 1.04. The predicted octanol–water partition coefficient (Wildman–Crippen LogP) is 4.47. The molecule has 0 radical (unpaired) electrons. The van der Waals surface area contributed by atoms with Gasteiger partial charge in [-0.2, -0.15) is 18.2 Å². The lowest BCUT2D eigenvalue weighted by atomic mass is 9.64. The van der Waals surface area contributed by atoms with E-state index in [0.717, 1.165) is 64.0 Å². The van der Waals surface area contributed by atoms with Crippen molar-refractivity contribution in [3.63, 3.8) is 0 Å². The molecule has 2 fully saturated rings. The zero-order chi connectivity index (χ0) is 25.0. The number of hydrogen-bond donors (Lipinski definition) is 1. The minimum absolute atomic E-state index is 0.114. The van der Waals surface area contributed by atoms with Crippen LogP contribution in [0, 0.1) is 0 Å². The van der Waals surface area contributed by atoms with E-state index < -0.39 is 11.7 Å². The number of hydrogen-bond acceptors (Lipinski definition) is 6. The van der Waals surface area contributed by atoms with Gasteiger partial charge in [0.15, 0.2) is 5.82 Å². The maximum Gasteiger partial charge on any atom is 0.416 e. The van der Waals surface area contributed by atoms with Crippen molar-refractivity contribution in [3.8, 4) is 0 Å². The van der Waals surface area contributed by atoms with E-state index in [0.29, 0.717) is 24.5 Å². The minimum atomic E-state index is -4.30. The van der Waals surface area contributed by atoms with Gasteiger partial charge in [-0.1, -0.05) is 60.1 Å². The van der Waals surface area contributed by atoms with Gasteiger partial charge < -0.3 is 9.84 Å². The number of halogens is 3. The van der Waals surface area contributed by atoms with Gasteiger partial charge in [0, 0.05) is 45.8 Å². The average Bonchev–Trinajstić information content (AvgIpc) is 3.31. The van der Waals surface area contributed by atoms with Gasteiger partial charge in [0.25, 0.3) is 0 Å². The van der Waals surface area contributed by atoms with Gasteiger partial charge in [-0.25, -0.2) is 0 Å². The van der Waals surface area contributed by atoms with E-state index in [1.54, 1.807) is 6.07 Å². The monoisotopic (exact) mass is 499 g/mol. The minimum Gasteiger partial charge on any atom is -0.338 e. The predicted molar refractivity (Wildman–Crippen MR) is 130 cm³/mol. The number of nitrogens with one attached hydrogen (secondary N) is 1. The Hall–Kier alpha value is -2.75. The van der Waals surface area contributed by atoms with Crippen molar-refractivity contribution in [1.82, 2.24) is 25.3 Å². The van der Waals surface area contributed by atoms with Crippen LogP contribution in [0.15, 0.2) is 59.1 Å². The molecule has 2 aliphatic rings. The van der Waals surface area contributed by atoms with Crippen LogP contribution in [-0.2, 0) is 24.7 Å². The molecule has 0 amide bonds. The number of nitrogens with zero attached hydrogens (tertiary/aromatic N) is 4. The SMILES string of the molecule is FC(F)(F)c1cccc(CN2CCN(CCNCc3nc(C4(c5ccccc5)CCC4)no3)CC2)c1. The summed E-state index contributed by atoms with van der Waals surface area (Å²) in [4.78, 5) is 9.28. The van der Waals surface area contributed by atoms with Crippen LogP contribution in [0.4, 0.5) is 13.2 Å². The first-order chi connectivity index (χ1) is 17.4. The molecule has 2 aromatic carbocycles. The van der Waals surface area contributed by atoms with E-state index in [-0.39, 0.29) is 5.41 Å². The summed E-state index contributed by atoms with van der Waals surface area (Å²) in [5.74, 6) is 1.40. The van der Waals surface area contributed by atoms with Crippen molar-refractivity contribution < 1.29 is 17.7 Å². The topological polar surface area (TPSA) is 57.4 Å². The molecule has 0 bridgehead atoms. The van der Waals surface area contributed by atoms with Crippen LogP contribution in [0.5, 0.6) is 0 Å². The van der Waals surface area contributed by atoms with E-state index in [4.69, 9.17) is 9.51 Å². The van der Waals surface area contributed by atoms with E-state index in [9.17, 15) is 13.2 Å². The van der Waals surface area contributed by atoms with Gasteiger partial charge in [-0.15, -0.1) is 0 Å². The Morgan fingerprint density at radius 3 is 2.39 bits per heavy atom. The zero-order valence-electron chi connectivity index (χ0n) is 20.3. The summed E-state index contributed by atoms with van der Waals surface area (Å²) in [6.07, 6.45) is -1.04. The Bertz CT molecular complexity index is 1120. The molecule has 1 aromatic heterocycles. The van der Waals surface area contributed by atoms with Crippen LogP contribution in [-0.4, -0.2) is 59.2 Å². The highest BCUT2D eigenvalue weighted by atomic mass is 19.4. The summed E-state index contributed by atoms with van der Waals surface area (Å²) in [5, 5.41) is 7.72. The zero-order valence-corrected chi connectivity index (χ0v) is 20.3. The Kier molecular flexibility index (Phi) is 7.41. The number of alkyl halides is 3. The molecule has 1 saturated heterocycles. The maximum atomic E-state index is 13.0. The maximum absolute atomic E-state index is 13.0. The summed E-state index contributed by atoms with van der Waals surface area (Å²) < 4.78 is 44.4. The van der Waals surface area contributed by atoms with Crippen LogP contribution in [0.1, 0.15) is 47.7 Å². The second-order valence-electron chi connectivity index (χ2n) is 9.81. The molecule has 1 saturated carbocycles. The Morgan fingerprint density at radius 2 is 1.69 bits per heavy atom. The highest BCUT2D eigenvalue weighted by molar-refractivity contribution is 5.35. The smallest absolute Gasteiger partial charge is 0.338 e. The first kappa shape index (κ1) is 24.9. The highest BCUT2D eigenvalue weighted by Gasteiger charge is 2.44. The van der Waals surface area contributed by atoms with E-state index in [1.165, 1.54) is 24.1 Å². The summed E-state index contributed by atoms with van der Waals surface area (Å²) in [6.45, 7) is 6.24. The molecule has 1 aliphatic carbocycles. The number of rotatable bonds is 9. The summed E-state index contributed by atoms with van der Waals surface area (Å²) in [6, 6.07) is 16.1. The molecule has 0 spiro atoms. The van der Waals surface area contributed by atoms with E-state index in [1.807, 2.05) is 6.07 Å². The second-order valence-corrected chi connectivity index (χ2v) is 9.81. The molecule has 6 nitrogen and oxygen atoms in total. The first-order valence-corrected chi connectivity index (χ1v) is 12.6. The van der Waals surface area contributed by atoms with Gasteiger partial charge in [-0.3, -0.25) is 9.80 Å². The van der Waals surface area contributed by atoms with Gasteiger partial charge in [0.05, 0.1) is 17.5 Å². The van der Waals surface area contributed by atoms with Crippen LogP contribution >= 0.6 is 0 Å². The third kappa shape index (κ3) is 5.63. The molecule has 192 valence electrons. The quantitative estimate of drug-likeness (QED) is 0.439. The molecule has 1 aliphatic heterocycles. The third-order valence-corrected chi connectivity index (χ3v) is 7.44. The first-order valence-electron chi connectivity index (χ1n) is 12.6. The Labute approximate surface area is 209 Å². The van der Waals surface area contributed by atoms with E-state index in [2.05, 4.69) is 44.5 Å². The van der Waals surface area contributed by atoms with Crippen LogP contribution in [0.3, 0.4) is 0 Å². The number of aromatic nitrogens is 2.